The van der Waals surface area contributed by atoms with Crippen LogP contribution in [0.4, 0.5) is 0 Å². The minimum absolute atomic E-state index is 0.00846. The molecule has 3 nitrogen and oxygen atoms in total. The highest BCUT2D eigenvalue weighted by molar-refractivity contribution is 7.99. The molecule has 0 aliphatic heterocycles. The Labute approximate surface area is 117 Å². The summed E-state index contributed by atoms with van der Waals surface area (Å²) in [4.78, 5) is 11.6. The molecule has 0 atom stereocenters. The minimum atomic E-state index is -0.00846. The van der Waals surface area contributed by atoms with Gasteiger partial charge in [-0.2, -0.15) is 11.8 Å². The fourth-order valence-electron chi connectivity index (χ4n) is 1.41. The maximum Gasteiger partial charge on any atom is 0.224 e. The number of hydrogen-bond acceptors (Lipinski definition) is 3. The Morgan fingerprint density at radius 3 is 2.83 bits per heavy atom. The molecule has 1 aromatic carbocycles. The van der Waals surface area contributed by atoms with Crippen molar-refractivity contribution >= 4 is 29.3 Å². The SMILES string of the molecule is O=C(Cc1ccccc1Cl)NCCSCCCO. The van der Waals surface area contributed by atoms with Gasteiger partial charge in [-0.25, -0.2) is 0 Å². The number of nitrogens with one attached hydrogen (secondary N) is 1. The predicted octanol–water partition coefficient (Wildman–Crippen LogP) is 2.11. The molecule has 0 saturated carbocycles. The Bertz CT molecular complexity index is 374. The van der Waals surface area contributed by atoms with Gasteiger partial charge in [-0.3, -0.25) is 4.79 Å². The molecule has 0 spiro atoms. The lowest BCUT2D eigenvalue weighted by Gasteiger charge is -2.06. The fraction of sp³-hybridized carbons (Fsp3) is 0.462. The van der Waals surface area contributed by atoms with Gasteiger partial charge in [-0.15, -0.1) is 0 Å². The molecule has 0 bridgehead atoms. The molecule has 2 N–H and O–H groups in total. The summed E-state index contributed by atoms with van der Waals surface area (Å²) in [5, 5.41) is 12.1. The van der Waals surface area contributed by atoms with E-state index in [4.69, 9.17) is 16.7 Å². The van der Waals surface area contributed by atoms with E-state index in [1.165, 1.54) is 0 Å². The maximum atomic E-state index is 11.6. The fourth-order valence-corrected chi connectivity index (χ4v) is 2.39. The molecular formula is C13H18ClNO2S. The van der Waals surface area contributed by atoms with Crippen LogP contribution in [0.5, 0.6) is 0 Å². The number of carbonyl (C=O) groups is 1. The second kappa shape index (κ2) is 9.25. The van der Waals surface area contributed by atoms with Crippen LogP contribution < -0.4 is 5.32 Å². The molecule has 100 valence electrons. The zero-order chi connectivity index (χ0) is 13.2. The van der Waals surface area contributed by atoms with E-state index in [9.17, 15) is 4.79 Å². The van der Waals surface area contributed by atoms with Gasteiger partial charge < -0.3 is 10.4 Å². The van der Waals surface area contributed by atoms with E-state index in [0.717, 1.165) is 23.5 Å². The highest BCUT2D eigenvalue weighted by Gasteiger charge is 2.05. The highest BCUT2D eigenvalue weighted by atomic mass is 35.5. The highest BCUT2D eigenvalue weighted by Crippen LogP contribution is 2.15. The van der Waals surface area contributed by atoms with Gasteiger partial charge in [0.1, 0.15) is 0 Å². The first-order valence-electron chi connectivity index (χ1n) is 5.92. The van der Waals surface area contributed by atoms with Crippen LogP contribution in [0.25, 0.3) is 0 Å². The van der Waals surface area contributed by atoms with Crippen molar-refractivity contribution in [2.45, 2.75) is 12.8 Å². The Morgan fingerprint density at radius 1 is 1.33 bits per heavy atom. The lowest BCUT2D eigenvalue weighted by Crippen LogP contribution is -2.27. The van der Waals surface area contributed by atoms with E-state index in [0.29, 0.717) is 18.0 Å². The average molecular weight is 288 g/mol. The third kappa shape index (κ3) is 6.28. The van der Waals surface area contributed by atoms with Crippen molar-refractivity contribution in [3.63, 3.8) is 0 Å². The molecule has 18 heavy (non-hydrogen) atoms. The van der Waals surface area contributed by atoms with E-state index in [2.05, 4.69) is 5.32 Å². The quantitative estimate of drug-likeness (QED) is 0.720. The zero-order valence-electron chi connectivity index (χ0n) is 10.2. The lowest BCUT2D eigenvalue weighted by molar-refractivity contribution is -0.120. The number of aliphatic hydroxyl groups is 1. The third-order valence-electron chi connectivity index (χ3n) is 2.32. The first-order chi connectivity index (χ1) is 8.74. The molecule has 1 rings (SSSR count). The minimum Gasteiger partial charge on any atom is -0.396 e. The number of benzene rings is 1. The van der Waals surface area contributed by atoms with Crippen molar-refractivity contribution in [1.82, 2.24) is 5.32 Å². The van der Waals surface area contributed by atoms with Crippen molar-refractivity contribution in [2.24, 2.45) is 0 Å². The van der Waals surface area contributed by atoms with Crippen LogP contribution in [0.15, 0.2) is 24.3 Å². The summed E-state index contributed by atoms with van der Waals surface area (Å²) in [7, 11) is 0. The standard InChI is InChI=1S/C13H18ClNO2S/c14-12-5-2-1-4-11(12)10-13(17)15-6-9-18-8-3-7-16/h1-2,4-5,16H,3,6-10H2,(H,15,17). The van der Waals surface area contributed by atoms with Gasteiger partial charge in [0.2, 0.25) is 5.91 Å². The van der Waals surface area contributed by atoms with Crippen LogP contribution in [0.3, 0.4) is 0 Å². The first-order valence-corrected chi connectivity index (χ1v) is 7.46. The maximum absolute atomic E-state index is 11.6. The Balaban J connectivity index is 2.16. The number of carbonyl (C=O) groups excluding carboxylic acids is 1. The van der Waals surface area contributed by atoms with Crippen LogP contribution >= 0.6 is 23.4 Å². The predicted molar refractivity (Wildman–Crippen MR) is 77.2 cm³/mol. The van der Waals surface area contributed by atoms with Gasteiger partial charge in [0.25, 0.3) is 0 Å². The van der Waals surface area contributed by atoms with Crippen LogP contribution in [0.2, 0.25) is 5.02 Å². The molecule has 5 heteroatoms. The number of hydrogen-bond donors (Lipinski definition) is 2. The summed E-state index contributed by atoms with van der Waals surface area (Å²) >= 11 is 7.71. The molecule has 0 aliphatic carbocycles. The van der Waals surface area contributed by atoms with Crippen molar-refractivity contribution in [3.8, 4) is 0 Å². The number of thioether (sulfide) groups is 1. The van der Waals surface area contributed by atoms with Gasteiger partial charge >= 0.3 is 0 Å². The van der Waals surface area contributed by atoms with Gasteiger partial charge in [-0.05, 0) is 23.8 Å². The van der Waals surface area contributed by atoms with Crippen LogP contribution in [0.1, 0.15) is 12.0 Å². The molecule has 0 aliphatic rings. The van der Waals surface area contributed by atoms with E-state index < -0.39 is 0 Å². The van der Waals surface area contributed by atoms with Crippen molar-refractivity contribution in [1.29, 1.82) is 0 Å². The second-order valence-corrected chi connectivity index (χ2v) is 5.44. The molecule has 0 saturated heterocycles. The molecule has 0 fully saturated rings. The molecule has 1 aromatic rings. The lowest BCUT2D eigenvalue weighted by atomic mass is 10.1. The van der Waals surface area contributed by atoms with Crippen molar-refractivity contribution in [2.75, 3.05) is 24.7 Å². The zero-order valence-corrected chi connectivity index (χ0v) is 11.8. The van der Waals surface area contributed by atoms with Crippen molar-refractivity contribution < 1.29 is 9.90 Å². The van der Waals surface area contributed by atoms with Crippen LogP contribution in [-0.4, -0.2) is 35.7 Å². The molecule has 1 amide bonds. The Kier molecular flexibility index (Phi) is 7.89. The number of amides is 1. The number of rotatable bonds is 8. The molecule has 0 heterocycles. The van der Waals surface area contributed by atoms with E-state index in [1.54, 1.807) is 17.8 Å². The summed E-state index contributed by atoms with van der Waals surface area (Å²) in [5.41, 5.74) is 0.851. The molecular weight excluding hydrogens is 270 g/mol. The average Bonchev–Trinajstić information content (AvgIpc) is 2.36. The summed E-state index contributed by atoms with van der Waals surface area (Å²) in [6.07, 6.45) is 1.12. The summed E-state index contributed by atoms with van der Waals surface area (Å²) in [6, 6.07) is 7.37. The third-order valence-corrected chi connectivity index (χ3v) is 3.76. The smallest absolute Gasteiger partial charge is 0.224 e. The Hall–Kier alpha value is -0.710. The van der Waals surface area contributed by atoms with E-state index >= 15 is 0 Å². The summed E-state index contributed by atoms with van der Waals surface area (Å²) in [6.45, 7) is 0.880. The van der Waals surface area contributed by atoms with Crippen LogP contribution in [0, 0.1) is 0 Å². The van der Waals surface area contributed by atoms with Crippen molar-refractivity contribution in [3.05, 3.63) is 34.9 Å². The molecule has 0 aromatic heterocycles. The largest absolute Gasteiger partial charge is 0.396 e. The number of halogens is 1. The van der Waals surface area contributed by atoms with Gasteiger partial charge in [-0.1, -0.05) is 29.8 Å². The second-order valence-electron chi connectivity index (χ2n) is 3.81. The van der Waals surface area contributed by atoms with Gasteiger partial charge in [0.05, 0.1) is 6.42 Å². The molecule has 0 radical (unpaired) electrons. The van der Waals surface area contributed by atoms with Gasteiger partial charge in [0.15, 0.2) is 0 Å². The monoisotopic (exact) mass is 287 g/mol. The number of aliphatic hydroxyl groups excluding tert-OH is 1. The summed E-state index contributed by atoms with van der Waals surface area (Å²) < 4.78 is 0. The summed E-state index contributed by atoms with van der Waals surface area (Å²) in [5.74, 6) is 1.79. The van der Waals surface area contributed by atoms with Crippen LogP contribution in [-0.2, 0) is 11.2 Å². The van der Waals surface area contributed by atoms with Gasteiger partial charge in [0, 0.05) is 23.9 Å². The Morgan fingerprint density at radius 2 is 2.11 bits per heavy atom. The normalized spacial score (nSPS) is 10.3. The topological polar surface area (TPSA) is 49.3 Å². The van der Waals surface area contributed by atoms with E-state index in [1.807, 2.05) is 18.2 Å². The molecule has 0 unspecified atom stereocenters. The van der Waals surface area contributed by atoms with E-state index in [-0.39, 0.29) is 12.5 Å². The first kappa shape index (κ1) is 15.3.